The van der Waals surface area contributed by atoms with Gasteiger partial charge >= 0.3 is 0 Å². The van der Waals surface area contributed by atoms with Gasteiger partial charge in [0.1, 0.15) is 0 Å². The zero-order valence-corrected chi connectivity index (χ0v) is 10.5. The Labute approximate surface area is 94.1 Å². The summed E-state index contributed by atoms with van der Waals surface area (Å²) in [6.07, 6.45) is 8.73. The highest BCUT2D eigenvalue weighted by Gasteiger charge is 2.69. The first kappa shape index (κ1) is 9.93. The molecular weight excluding hydrogens is 180 g/mol. The van der Waals surface area contributed by atoms with Crippen molar-refractivity contribution < 1.29 is 0 Å². The third-order valence-corrected chi connectivity index (χ3v) is 6.67. The van der Waals surface area contributed by atoms with Gasteiger partial charge in [-0.1, -0.05) is 32.4 Å². The normalized spacial score (nSPS) is 57.1. The topological polar surface area (TPSA) is 0 Å². The van der Waals surface area contributed by atoms with Crippen molar-refractivity contribution in [3.05, 3.63) is 12.2 Å². The minimum atomic E-state index is 0.542. The molecule has 0 radical (unpaired) electrons. The van der Waals surface area contributed by atoms with Crippen LogP contribution in [0.15, 0.2) is 12.2 Å². The number of allylic oxidation sites excluding steroid dienone is 1. The van der Waals surface area contributed by atoms with Crippen molar-refractivity contribution in [2.45, 2.75) is 59.3 Å². The highest BCUT2D eigenvalue weighted by atomic mass is 14.7. The summed E-state index contributed by atoms with van der Waals surface area (Å²) in [4.78, 5) is 0. The van der Waals surface area contributed by atoms with E-state index >= 15 is 0 Å². The van der Waals surface area contributed by atoms with E-state index in [-0.39, 0.29) is 0 Å². The minimum Gasteiger partial charge on any atom is -0.0996 e. The zero-order valence-electron chi connectivity index (χ0n) is 10.5. The minimum absolute atomic E-state index is 0.542. The van der Waals surface area contributed by atoms with E-state index in [0.29, 0.717) is 16.2 Å². The molecule has 3 saturated carbocycles. The van der Waals surface area contributed by atoms with Crippen molar-refractivity contribution in [2.75, 3.05) is 0 Å². The fourth-order valence-electron chi connectivity index (χ4n) is 5.65. The molecule has 0 heteroatoms. The zero-order chi connectivity index (χ0) is 10.9. The van der Waals surface area contributed by atoms with Gasteiger partial charge in [-0.3, -0.25) is 0 Å². The van der Waals surface area contributed by atoms with E-state index in [0.717, 1.165) is 5.92 Å². The molecule has 0 aromatic rings. The van der Waals surface area contributed by atoms with Crippen LogP contribution in [0.2, 0.25) is 0 Å². The van der Waals surface area contributed by atoms with Crippen molar-refractivity contribution in [2.24, 2.45) is 22.2 Å². The highest BCUT2D eigenvalue weighted by molar-refractivity contribution is 5.27. The first-order chi connectivity index (χ1) is 6.95. The smallest absolute Gasteiger partial charge is 0.00545 e. The van der Waals surface area contributed by atoms with Gasteiger partial charge in [-0.25, -0.2) is 0 Å². The van der Waals surface area contributed by atoms with Crippen molar-refractivity contribution in [3.63, 3.8) is 0 Å². The van der Waals surface area contributed by atoms with Crippen LogP contribution in [-0.4, -0.2) is 0 Å². The predicted molar refractivity (Wildman–Crippen MR) is 64.7 cm³/mol. The van der Waals surface area contributed by atoms with Gasteiger partial charge in [-0.2, -0.15) is 0 Å². The Kier molecular flexibility index (Phi) is 1.67. The summed E-state index contributed by atoms with van der Waals surface area (Å²) >= 11 is 0. The lowest BCUT2D eigenvalue weighted by molar-refractivity contribution is 0.0726. The molecule has 4 bridgehead atoms. The molecule has 84 valence electrons. The monoisotopic (exact) mass is 204 g/mol. The maximum absolute atomic E-state index is 4.33. The number of hydrogen-bond donors (Lipinski definition) is 0. The second-order valence-corrected chi connectivity index (χ2v) is 7.04. The molecule has 0 nitrogen and oxygen atoms in total. The Morgan fingerprint density at radius 3 is 2.53 bits per heavy atom. The maximum atomic E-state index is 4.33. The molecule has 0 aromatic heterocycles. The van der Waals surface area contributed by atoms with E-state index in [4.69, 9.17) is 0 Å². The predicted octanol–water partition coefficient (Wildman–Crippen LogP) is 4.56. The summed E-state index contributed by atoms with van der Waals surface area (Å²) in [6.45, 7) is 11.8. The lowest BCUT2D eigenvalue weighted by atomic mass is 9.59. The van der Waals surface area contributed by atoms with E-state index in [1.807, 2.05) is 0 Å². The Morgan fingerprint density at radius 1 is 1.20 bits per heavy atom. The van der Waals surface area contributed by atoms with Gasteiger partial charge in [-0.15, -0.1) is 0 Å². The lowest BCUT2D eigenvalue weighted by Gasteiger charge is -2.45. The summed E-state index contributed by atoms with van der Waals surface area (Å²) < 4.78 is 0. The molecule has 3 aliphatic rings. The van der Waals surface area contributed by atoms with Crippen LogP contribution < -0.4 is 0 Å². The van der Waals surface area contributed by atoms with Crippen molar-refractivity contribution in [1.82, 2.24) is 0 Å². The van der Waals surface area contributed by atoms with Crippen LogP contribution in [0.1, 0.15) is 59.3 Å². The molecule has 0 spiro atoms. The summed E-state index contributed by atoms with van der Waals surface area (Å²) in [5.74, 6) is 0.959. The lowest BCUT2D eigenvalue weighted by Crippen LogP contribution is -2.37. The second-order valence-electron chi connectivity index (χ2n) is 7.04. The summed E-state index contributed by atoms with van der Waals surface area (Å²) in [5, 5.41) is 0. The molecule has 0 heterocycles. The van der Waals surface area contributed by atoms with Gasteiger partial charge in [0.15, 0.2) is 0 Å². The van der Waals surface area contributed by atoms with Crippen molar-refractivity contribution in [3.8, 4) is 0 Å². The average molecular weight is 204 g/mol. The van der Waals surface area contributed by atoms with Crippen LogP contribution in [0.4, 0.5) is 0 Å². The largest absolute Gasteiger partial charge is 0.0996 e. The SMILES string of the molecule is C=C(C)[C@@]12CCC[C@@]3(C)[C@@H]1CC[C@@]3(C)C2. The van der Waals surface area contributed by atoms with E-state index < -0.39 is 0 Å². The summed E-state index contributed by atoms with van der Waals surface area (Å²) in [7, 11) is 0. The fourth-order valence-corrected chi connectivity index (χ4v) is 5.65. The standard InChI is InChI=1S/C15H24/c1-11(2)15-8-5-7-14(4)12(15)6-9-13(14,3)10-15/h12H,1,5-10H2,2-4H3/t12-,13-,14-,15-/m0/s1. The number of hydrogen-bond acceptors (Lipinski definition) is 0. The third kappa shape index (κ3) is 0.867. The van der Waals surface area contributed by atoms with Crippen LogP contribution in [0.5, 0.6) is 0 Å². The van der Waals surface area contributed by atoms with Crippen LogP contribution in [0, 0.1) is 22.2 Å². The molecule has 0 amide bonds. The van der Waals surface area contributed by atoms with Crippen LogP contribution in [0.25, 0.3) is 0 Å². The molecular formula is C15H24. The maximum Gasteiger partial charge on any atom is -0.00545 e. The Morgan fingerprint density at radius 2 is 1.93 bits per heavy atom. The third-order valence-electron chi connectivity index (χ3n) is 6.67. The molecule has 0 saturated heterocycles. The molecule has 0 aliphatic heterocycles. The molecule has 0 unspecified atom stereocenters. The van der Waals surface area contributed by atoms with Crippen LogP contribution in [0.3, 0.4) is 0 Å². The Balaban J connectivity index is 2.14. The quantitative estimate of drug-likeness (QED) is 0.549. The molecule has 4 atom stereocenters. The highest BCUT2D eigenvalue weighted by Crippen LogP contribution is 2.78. The first-order valence-corrected chi connectivity index (χ1v) is 6.61. The van der Waals surface area contributed by atoms with Crippen LogP contribution >= 0.6 is 0 Å². The molecule has 0 aromatic carbocycles. The summed E-state index contributed by atoms with van der Waals surface area (Å²) in [5.41, 5.74) is 3.30. The van der Waals surface area contributed by atoms with Gasteiger partial charge in [0.2, 0.25) is 0 Å². The van der Waals surface area contributed by atoms with Crippen LogP contribution in [-0.2, 0) is 0 Å². The summed E-state index contributed by atoms with van der Waals surface area (Å²) in [6, 6.07) is 0. The molecule has 3 fully saturated rings. The van der Waals surface area contributed by atoms with E-state index in [2.05, 4.69) is 27.4 Å². The van der Waals surface area contributed by atoms with Crippen molar-refractivity contribution >= 4 is 0 Å². The van der Waals surface area contributed by atoms with E-state index in [9.17, 15) is 0 Å². The number of rotatable bonds is 1. The first-order valence-electron chi connectivity index (χ1n) is 6.61. The molecule has 3 aliphatic carbocycles. The Bertz CT molecular complexity index is 329. The Hall–Kier alpha value is -0.260. The van der Waals surface area contributed by atoms with Gasteiger partial charge in [-0.05, 0) is 61.2 Å². The second kappa shape index (κ2) is 2.52. The van der Waals surface area contributed by atoms with Gasteiger partial charge < -0.3 is 0 Å². The van der Waals surface area contributed by atoms with E-state index in [1.54, 1.807) is 0 Å². The van der Waals surface area contributed by atoms with Gasteiger partial charge in [0.25, 0.3) is 0 Å². The van der Waals surface area contributed by atoms with Gasteiger partial charge in [0, 0.05) is 0 Å². The average Bonchev–Trinajstić information content (AvgIpc) is 2.45. The van der Waals surface area contributed by atoms with E-state index in [1.165, 1.54) is 44.1 Å². The fraction of sp³-hybridized carbons (Fsp3) is 0.867. The molecule has 15 heavy (non-hydrogen) atoms. The molecule has 3 rings (SSSR count). The van der Waals surface area contributed by atoms with Gasteiger partial charge in [0.05, 0.1) is 0 Å². The molecule has 0 N–H and O–H groups in total. The van der Waals surface area contributed by atoms with Crippen molar-refractivity contribution in [1.29, 1.82) is 0 Å².